The lowest BCUT2D eigenvalue weighted by Crippen LogP contribution is -2.42. The molecule has 1 aliphatic rings. The van der Waals surface area contributed by atoms with Gasteiger partial charge in [0.15, 0.2) is 0 Å². The van der Waals surface area contributed by atoms with Crippen LogP contribution >= 0.6 is 0 Å². The van der Waals surface area contributed by atoms with Gasteiger partial charge in [0.1, 0.15) is 0 Å². The Kier molecular flexibility index (Phi) is 1.33. The van der Waals surface area contributed by atoms with Crippen LogP contribution < -0.4 is 5.32 Å². The normalized spacial score (nSPS) is 18.5. The zero-order valence-electron chi connectivity index (χ0n) is 5.26. The molecule has 1 aliphatic heterocycles. The van der Waals surface area contributed by atoms with Gasteiger partial charge in [0.25, 0.3) is 11.7 Å². The Hall–Kier alpha value is -1.52. The van der Waals surface area contributed by atoms with Crippen molar-refractivity contribution in [3.63, 3.8) is 0 Å². The molecule has 0 spiro atoms. The van der Waals surface area contributed by atoms with Crippen molar-refractivity contribution in [1.82, 2.24) is 5.32 Å². The van der Waals surface area contributed by atoms with E-state index in [-0.39, 0.29) is 11.7 Å². The summed E-state index contributed by atoms with van der Waals surface area (Å²) in [5, 5.41) is 8.83. The van der Waals surface area contributed by atoms with Crippen LogP contribution in [0.5, 0.6) is 0 Å². The van der Waals surface area contributed by atoms with Crippen molar-refractivity contribution in [2.45, 2.75) is 6.92 Å². The summed E-state index contributed by atoms with van der Waals surface area (Å²) in [6.07, 6.45) is 0. The molecule has 0 fully saturated rings. The molecule has 1 rings (SSSR count). The minimum absolute atomic E-state index is 0.0637. The monoisotopic (exact) mass is 139 g/mol. The van der Waals surface area contributed by atoms with Gasteiger partial charge in [0.05, 0.1) is 5.71 Å². The summed E-state index contributed by atoms with van der Waals surface area (Å²) < 4.78 is 0. The molecule has 1 amide bonds. The van der Waals surface area contributed by atoms with Gasteiger partial charge >= 0.3 is 0 Å². The number of aliphatic imine (C=N–C) groups is 1. The van der Waals surface area contributed by atoms with Gasteiger partial charge in [-0.2, -0.15) is 0 Å². The molecule has 0 bridgehead atoms. The second-order valence-electron chi connectivity index (χ2n) is 1.83. The minimum atomic E-state index is -0.780. The third kappa shape index (κ3) is 0.928. The summed E-state index contributed by atoms with van der Waals surface area (Å²) in [4.78, 5) is 24.6. The molecular formula is C5H5N3O2. The SMILES string of the molecule is CC1=NC(=N)NC(=O)C1=O. The van der Waals surface area contributed by atoms with Crippen LogP contribution in [-0.4, -0.2) is 23.4 Å². The standard InChI is InChI=1S/C5H5N3O2/c1-2-3(9)4(10)8-5(6)7-2/h1H3,(H2,6,8,10). The summed E-state index contributed by atoms with van der Waals surface area (Å²) in [6, 6.07) is 0. The van der Waals surface area contributed by atoms with E-state index in [4.69, 9.17) is 5.41 Å². The Morgan fingerprint density at radius 2 is 2.10 bits per heavy atom. The van der Waals surface area contributed by atoms with Crippen LogP contribution in [0.3, 0.4) is 0 Å². The Morgan fingerprint density at radius 1 is 1.50 bits per heavy atom. The van der Waals surface area contributed by atoms with Crippen molar-refractivity contribution in [3.05, 3.63) is 0 Å². The number of guanidine groups is 1. The average molecular weight is 139 g/mol. The maximum absolute atomic E-state index is 10.6. The Morgan fingerprint density at radius 3 is 2.60 bits per heavy atom. The zero-order chi connectivity index (χ0) is 7.72. The van der Waals surface area contributed by atoms with Gasteiger partial charge in [0, 0.05) is 0 Å². The van der Waals surface area contributed by atoms with Crippen molar-refractivity contribution in [2.24, 2.45) is 4.99 Å². The first kappa shape index (κ1) is 6.60. The molecule has 5 nitrogen and oxygen atoms in total. The maximum atomic E-state index is 10.6. The number of ketones is 1. The molecule has 1 heterocycles. The van der Waals surface area contributed by atoms with Gasteiger partial charge in [-0.1, -0.05) is 0 Å². The molecule has 0 saturated heterocycles. The summed E-state index contributed by atoms with van der Waals surface area (Å²) in [7, 11) is 0. The number of carbonyl (C=O) groups excluding carboxylic acids is 2. The lowest BCUT2D eigenvalue weighted by Gasteiger charge is -2.07. The van der Waals surface area contributed by atoms with Crippen molar-refractivity contribution >= 4 is 23.4 Å². The van der Waals surface area contributed by atoms with Crippen molar-refractivity contribution < 1.29 is 9.59 Å². The van der Waals surface area contributed by atoms with E-state index in [1.807, 2.05) is 5.32 Å². The lowest BCUT2D eigenvalue weighted by molar-refractivity contribution is -0.133. The topological polar surface area (TPSA) is 82.4 Å². The molecule has 0 aromatic rings. The molecule has 52 valence electrons. The van der Waals surface area contributed by atoms with E-state index in [0.29, 0.717) is 0 Å². The fourth-order valence-corrected chi connectivity index (χ4v) is 0.575. The first-order valence-electron chi connectivity index (χ1n) is 2.61. The summed E-state index contributed by atoms with van der Waals surface area (Å²) in [6.45, 7) is 1.40. The molecular weight excluding hydrogens is 134 g/mol. The van der Waals surface area contributed by atoms with Gasteiger partial charge in [-0.05, 0) is 6.92 Å². The number of nitrogens with one attached hydrogen (secondary N) is 2. The van der Waals surface area contributed by atoms with Crippen LogP contribution in [0.15, 0.2) is 4.99 Å². The molecule has 2 N–H and O–H groups in total. The highest BCUT2D eigenvalue weighted by Gasteiger charge is 2.22. The Labute approximate surface area is 56.6 Å². The predicted octanol–water partition coefficient (Wildman–Crippen LogP) is -0.919. The number of hydrogen-bond acceptors (Lipinski definition) is 3. The second kappa shape index (κ2) is 2.02. The number of Topliss-reactive ketones (excluding diaryl/α,β-unsaturated/α-hetero) is 1. The third-order valence-corrected chi connectivity index (χ3v) is 1.05. The quantitative estimate of drug-likeness (QED) is 0.425. The Balaban J connectivity index is 3.03. The molecule has 0 aromatic heterocycles. The van der Waals surface area contributed by atoms with E-state index in [1.54, 1.807) is 0 Å². The largest absolute Gasteiger partial charge is 0.300 e. The van der Waals surface area contributed by atoms with Crippen molar-refractivity contribution in [2.75, 3.05) is 0 Å². The van der Waals surface area contributed by atoms with E-state index in [0.717, 1.165) is 0 Å². The number of carbonyl (C=O) groups is 2. The molecule has 0 saturated carbocycles. The van der Waals surface area contributed by atoms with Gasteiger partial charge in [-0.25, -0.2) is 4.99 Å². The van der Waals surface area contributed by atoms with E-state index < -0.39 is 11.7 Å². The van der Waals surface area contributed by atoms with Crippen LogP contribution in [0.25, 0.3) is 0 Å². The van der Waals surface area contributed by atoms with E-state index in [2.05, 4.69) is 4.99 Å². The fraction of sp³-hybridized carbons (Fsp3) is 0.200. The smallest absolute Gasteiger partial charge is 0.288 e. The number of nitrogens with zero attached hydrogens (tertiary/aromatic N) is 1. The van der Waals surface area contributed by atoms with Crippen molar-refractivity contribution in [1.29, 1.82) is 5.41 Å². The molecule has 0 unspecified atom stereocenters. The van der Waals surface area contributed by atoms with Gasteiger partial charge in [-0.15, -0.1) is 0 Å². The van der Waals surface area contributed by atoms with Crippen LogP contribution in [-0.2, 0) is 9.59 Å². The van der Waals surface area contributed by atoms with Crippen LogP contribution in [0.4, 0.5) is 0 Å². The van der Waals surface area contributed by atoms with Gasteiger partial charge < -0.3 is 0 Å². The maximum Gasteiger partial charge on any atom is 0.300 e. The first-order valence-corrected chi connectivity index (χ1v) is 2.61. The van der Waals surface area contributed by atoms with E-state index in [1.165, 1.54) is 6.92 Å². The van der Waals surface area contributed by atoms with Crippen LogP contribution in [0, 0.1) is 5.41 Å². The average Bonchev–Trinajstić information content (AvgIpc) is 1.82. The summed E-state index contributed by atoms with van der Waals surface area (Å²) in [5.41, 5.74) is 0.0637. The predicted molar refractivity (Wildman–Crippen MR) is 34.0 cm³/mol. The molecule has 0 aromatic carbocycles. The third-order valence-electron chi connectivity index (χ3n) is 1.05. The molecule has 0 aliphatic carbocycles. The minimum Gasteiger partial charge on any atom is -0.288 e. The fourth-order valence-electron chi connectivity index (χ4n) is 0.575. The van der Waals surface area contributed by atoms with Crippen molar-refractivity contribution in [3.8, 4) is 0 Å². The number of amides is 1. The Bertz CT molecular complexity index is 254. The van der Waals surface area contributed by atoms with Crippen LogP contribution in [0.1, 0.15) is 6.92 Å². The molecule has 5 heteroatoms. The highest BCUT2D eigenvalue weighted by atomic mass is 16.2. The van der Waals surface area contributed by atoms with Gasteiger partial charge in [-0.3, -0.25) is 20.3 Å². The second-order valence-corrected chi connectivity index (χ2v) is 1.83. The molecule has 0 radical (unpaired) electrons. The summed E-state index contributed by atoms with van der Waals surface area (Å²) in [5.74, 6) is -1.73. The van der Waals surface area contributed by atoms with Crippen LogP contribution in [0.2, 0.25) is 0 Å². The summed E-state index contributed by atoms with van der Waals surface area (Å²) >= 11 is 0. The molecule has 0 atom stereocenters. The molecule has 10 heavy (non-hydrogen) atoms. The zero-order valence-corrected chi connectivity index (χ0v) is 5.26. The van der Waals surface area contributed by atoms with E-state index >= 15 is 0 Å². The first-order chi connectivity index (χ1) is 4.61. The van der Waals surface area contributed by atoms with Gasteiger partial charge in [0.2, 0.25) is 5.96 Å². The van der Waals surface area contributed by atoms with E-state index in [9.17, 15) is 9.59 Å². The highest BCUT2D eigenvalue weighted by Crippen LogP contribution is 1.89. The number of hydrogen-bond donors (Lipinski definition) is 2. The number of rotatable bonds is 0. The highest BCUT2D eigenvalue weighted by molar-refractivity contribution is 6.67. The lowest BCUT2D eigenvalue weighted by atomic mass is 10.2.